The molecule has 2 N–H and O–H groups in total. The quantitative estimate of drug-likeness (QED) is 0.792. The first-order valence-corrected chi connectivity index (χ1v) is 6.39. The predicted molar refractivity (Wildman–Crippen MR) is 76.8 cm³/mol. The van der Waals surface area contributed by atoms with Crippen LogP contribution in [0.15, 0.2) is 60.7 Å². The van der Waals surface area contributed by atoms with Gasteiger partial charge in [0.2, 0.25) is 0 Å². The number of hydrogen-bond acceptors (Lipinski definition) is 2. The number of benzene rings is 2. The first kappa shape index (κ1) is 12.6. The van der Waals surface area contributed by atoms with Crippen molar-refractivity contribution in [2.24, 2.45) is 5.73 Å². The maximum absolute atomic E-state index is 14.0. The van der Waals surface area contributed by atoms with Gasteiger partial charge in [0, 0.05) is 12.1 Å². The Morgan fingerprint density at radius 1 is 1.00 bits per heavy atom. The third-order valence-electron chi connectivity index (χ3n) is 3.12. The minimum absolute atomic E-state index is 0.270. The average Bonchev–Trinajstić information content (AvgIpc) is 2.93. The van der Waals surface area contributed by atoms with Gasteiger partial charge >= 0.3 is 0 Å². The van der Waals surface area contributed by atoms with Crippen molar-refractivity contribution in [3.05, 3.63) is 72.2 Å². The molecule has 2 aromatic carbocycles. The van der Waals surface area contributed by atoms with E-state index in [1.54, 1.807) is 16.8 Å². The van der Waals surface area contributed by atoms with Crippen LogP contribution in [0.2, 0.25) is 0 Å². The van der Waals surface area contributed by atoms with Crippen LogP contribution in [0.5, 0.6) is 0 Å². The van der Waals surface area contributed by atoms with Gasteiger partial charge in [-0.15, -0.1) is 0 Å². The second-order valence-corrected chi connectivity index (χ2v) is 4.45. The molecule has 0 saturated carbocycles. The number of hydrogen-bond donors (Lipinski definition) is 1. The first-order valence-electron chi connectivity index (χ1n) is 6.39. The Hall–Kier alpha value is -2.46. The van der Waals surface area contributed by atoms with Crippen LogP contribution in [0.1, 0.15) is 5.69 Å². The van der Waals surface area contributed by atoms with E-state index in [0.717, 1.165) is 11.4 Å². The van der Waals surface area contributed by atoms with E-state index < -0.39 is 0 Å². The van der Waals surface area contributed by atoms with E-state index in [4.69, 9.17) is 5.73 Å². The largest absolute Gasteiger partial charge is 0.325 e. The monoisotopic (exact) mass is 267 g/mol. The molecule has 4 heteroatoms. The molecule has 0 aliphatic heterocycles. The summed E-state index contributed by atoms with van der Waals surface area (Å²) in [6.45, 7) is 0.321. The minimum atomic E-state index is -0.270. The van der Waals surface area contributed by atoms with Crippen molar-refractivity contribution in [3.63, 3.8) is 0 Å². The molecular formula is C16H14FN3. The summed E-state index contributed by atoms with van der Waals surface area (Å²) in [7, 11) is 0. The number of nitrogens with zero attached hydrogens (tertiary/aromatic N) is 2. The molecule has 0 fully saturated rings. The molecule has 0 aliphatic rings. The third-order valence-corrected chi connectivity index (χ3v) is 3.12. The third kappa shape index (κ3) is 2.21. The summed E-state index contributed by atoms with van der Waals surface area (Å²) in [5.41, 5.74) is 8.49. The van der Waals surface area contributed by atoms with Gasteiger partial charge < -0.3 is 5.73 Å². The van der Waals surface area contributed by atoms with E-state index >= 15 is 0 Å². The van der Waals surface area contributed by atoms with E-state index in [2.05, 4.69) is 5.10 Å². The zero-order valence-electron chi connectivity index (χ0n) is 10.8. The standard InChI is InChI=1S/C16H14FN3/c17-15-9-5-4-8-14(15)16-10-12(11-18)19-20(16)13-6-2-1-3-7-13/h1-10H,11,18H2. The number of aromatic nitrogens is 2. The molecule has 0 bridgehead atoms. The van der Waals surface area contributed by atoms with Crippen LogP contribution in [0.4, 0.5) is 4.39 Å². The van der Waals surface area contributed by atoms with E-state index in [-0.39, 0.29) is 5.82 Å². The molecule has 0 unspecified atom stereocenters. The van der Waals surface area contributed by atoms with Crippen LogP contribution < -0.4 is 5.73 Å². The Morgan fingerprint density at radius 2 is 1.70 bits per heavy atom. The number of rotatable bonds is 3. The number of nitrogens with two attached hydrogens (primary N) is 1. The highest BCUT2D eigenvalue weighted by atomic mass is 19.1. The molecule has 3 nitrogen and oxygen atoms in total. The number of para-hydroxylation sites is 1. The molecule has 0 aliphatic carbocycles. The second-order valence-electron chi connectivity index (χ2n) is 4.45. The average molecular weight is 267 g/mol. The zero-order valence-corrected chi connectivity index (χ0v) is 10.8. The Balaban J connectivity index is 2.21. The maximum Gasteiger partial charge on any atom is 0.132 e. The van der Waals surface area contributed by atoms with E-state index in [0.29, 0.717) is 17.8 Å². The van der Waals surface area contributed by atoms with Gasteiger partial charge in [0.15, 0.2) is 0 Å². The van der Waals surface area contributed by atoms with Crippen LogP contribution in [-0.2, 0) is 6.54 Å². The molecule has 0 saturated heterocycles. The van der Waals surface area contributed by atoms with Gasteiger partial charge in [-0.05, 0) is 30.3 Å². The van der Waals surface area contributed by atoms with E-state index in [1.165, 1.54) is 6.07 Å². The topological polar surface area (TPSA) is 43.8 Å². The minimum Gasteiger partial charge on any atom is -0.325 e. The lowest BCUT2D eigenvalue weighted by Gasteiger charge is -2.08. The van der Waals surface area contributed by atoms with Crippen LogP contribution in [0.25, 0.3) is 16.9 Å². The highest BCUT2D eigenvalue weighted by Gasteiger charge is 2.13. The molecule has 20 heavy (non-hydrogen) atoms. The van der Waals surface area contributed by atoms with Crippen LogP contribution >= 0.6 is 0 Å². The molecule has 3 aromatic rings. The predicted octanol–water partition coefficient (Wildman–Crippen LogP) is 3.14. The SMILES string of the molecule is NCc1cc(-c2ccccc2F)n(-c2ccccc2)n1. The van der Waals surface area contributed by atoms with Crippen molar-refractivity contribution in [1.29, 1.82) is 0 Å². The van der Waals surface area contributed by atoms with Gasteiger partial charge in [-0.2, -0.15) is 5.10 Å². The van der Waals surface area contributed by atoms with Crippen LogP contribution in [-0.4, -0.2) is 9.78 Å². The Bertz CT molecular complexity index is 720. The van der Waals surface area contributed by atoms with Crippen molar-refractivity contribution in [1.82, 2.24) is 9.78 Å². The molecule has 0 spiro atoms. The van der Waals surface area contributed by atoms with Gasteiger partial charge in [-0.25, -0.2) is 9.07 Å². The van der Waals surface area contributed by atoms with Gasteiger partial charge in [-0.1, -0.05) is 30.3 Å². The molecule has 1 heterocycles. The Morgan fingerprint density at radius 3 is 2.40 bits per heavy atom. The molecule has 100 valence electrons. The van der Waals surface area contributed by atoms with Gasteiger partial charge in [0.05, 0.1) is 17.1 Å². The fraction of sp³-hybridized carbons (Fsp3) is 0.0625. The van der Waals surface area contributed by atoms with Crippen molar-refractivity contribution in [3.8, 4) is 16.9 Å². The summed E-state index contributed by atoms with van der Waals surface area (Å²) in [5.74, 6) is -0.270. The van der Waals surface area contributed by atoms with Crippen molar-refractivity contribution in [2.75, 3.05) is 0 Å². The maximum atomic E-state index is 14.0. The molecule has 3 rings (SSSR count). The summed E-state index contributed by atoms with van der Waals surface area (Å²) in [5, 5.41) is 4.44. The second kappa shape index (κ2) is 5.27. The van der Waals surface area contributed by atoms with Gasteiger partial charge in [0.1, 0.15) is 5.82 Å². The Labute approximate surface area is 116 Å². The molecule has 0 amide bonds. The fourth-order valence-electron chi connectivity index (χ4n) is 2.16. The van der Waals surface area contributed by atoms with Crippen LogP contribution in [0, 0.1) is 5.82 Å². The smallest absolute Gasteiger partial charge is 0.132 e. The van der Waals surface area contributed by atoms with Crippen molar-refractivity contribution in [2.45, 2.75) is 6.54 Å². The highest BCUT2D eigenvalue weighted by Crippen LogP contribution is 2.26. The lowest BCUT2D eigenvalue weighted by molar-refractivity contribution is 0.629. The van der Waals surface area contributed by atoms with Gasteiger partial charge in [-0.3, -0.25) is 0 Å². The molecule has 0 atom stereocenters. The summed E-state index contributed by atoms with van der Waals surface area (Å²) in [6, 6.07) is 18.1. The van der Waals surface area contributed by atoms with Crippen molar-refractivity contribution >= 4 is 0 Å². The number of halogens is 1. The Kier molecular flexibility index (Phi) is 3.31. The van der Waals surface area contributed by atoms with Crippen molar-refractivity contribution < 1.29 is 4.39 Å². The highest BCUT2D eigenvalue weighted by molar-refractivity contribution is 5.63. The molecule has 1 aromatic heterocycles. The summed E-state index contributed by atoms with van der Waals surface area (Å²) in [6.07, 6.45) is 0. The lowest BCUT2D eigenvalue weighted by atomic mass is 10.1. The van der Waals surface area contributed by atoms with Gasteiger partial charge in [0.25, 0.3) is 0 Å². The zero-order chi connectivity index (χ0) is 13.9. The molecule has 0 radical (unpaired) electrons. The summed E-state index contributed by atoms with van der Waals surface area (Å²) < 4.78 is 15.7. The van der Waals surface area contributed by atoms with E-state index in [9.17, 15) is 4.39 Å². The summed E-state index contributed by atoms with van der Waals surface area (Å²) in [4.78, 5) is 0. The lowest BCUT2D eigenvalue weighted by Crippen LogP contribution is -2.02. The summed E-state index contributed by atoms with van der Waals surface area (Å²) >= 11 is 0. The van der Waals surface area contributed by atoms with Crippen LogP contribution in [0.3, 0.4) is 0 Å². The van der Waals surface area contributed by atoms with E-state index in [1.807, 2.05) is 42.5 Å². The fourth-order valence-corrected chi connectivity index (χ4v) is 2.16. The first-order chi connectivity index (χ1) is 9.79. The molecular weight excluding hydrogens is 253 g/mol. The normalized spacial score (nSPS) is 10.7.